The SMILES string of the molecule is O=C(NCc1ccc(Cl)cc1)NC[C@H](O)c1csc2ccccc12. The number of carbonyl (C=O) groups is 1. The number of rotatable bonds is 5. The lowest BCUT2D eigenvalue weighted by Crippen LogP contribution is -2.37. The van der Waals surface area contributed by atoms with Crippen LogP contribution in [0.15, 0.2) is 53.9 Å². The molecule has 3 rings (SSSR count). The van der Waals surface area contributed by atoms with Crippen LogP contribution in [0.5, 0.6) is 0 Å². The van der Waals surface area contributed by atoms with Gasteiger partial charge in [-0.15, -0.1) is 11.3 Å². The standard InChI is InChI=1S/C18H17ClN2O2S/c19-13-7-5-12(6-8-13)9-20-18(23)21-10-16(22)15-11-24-17-4-2-1-3-14(15)17/h1-8,11,16,22H,9-10H2,(H2,20,21,23)/t16-/m0/s1. The van der Waals surface area contributed by atoms with E-state index in [0.717, 1.165) is 21.2 Å². The Balaban J connectivity index is 1.51. The first-order valence-corrected chi connectivity index (χ1v) is 8.79. The second-order valence-electron chi connectivity index (χ2n) is 5.39. The Morgan fingerprint density at radius 3 is 2.67 bits per heavy atom. The number of urea groups is 1. The van der Waals surface area contributed by atoms with Gasteiger partial charge in [-0.2, -0.15) is 0 Å². The molecule has 0 spiro atoms. The predicted molar refractivity (Wildman–Crippen MR) is 98.5 cm³/mol. The highest BCUT2D eigenvalue weighted by Crippen LogP contribution is 2.29. The van der Waals surface area contributed by atoms with Crippen molar-refractivity contribution in [2.24, 2.45) is 0 Å². The molecule has 0 aliphatic rings. The predicted octanol–water partition coefficient (Wildman–Crippen LogP) is 4.09. The van der Waals surface area contributed by atoms with Gasteiger partial charge in [-0.1, -0.05) is 41.9 Å². The fourth-order valence-electron chi connectivity index (χ4n) is 2.40. The summed E-state index contributed by atoms with van der Waals surface area (Å²) < 4.78 is 1.12. The fraction of sp³-hybridized carbons (Fsp3) is 0.167. The molecular weight excluding hydrogens is 344 g/mol. The number of hydrogen-bond donors (Lipinski definition) is 3. The molecule has 1 atom stereocenters. The van der Waals surface area contributed by atoms with Crippen molar-refractivity contribution in [1.29, 1.82) is 0 Å². The summed E-state index contributed by atoms with van der Waals surface area (Å²) in [5.74, 6) is 0. The van der Waals surface area contributed by atoms with Crippen molar-refractivity contribution in [3.8, 4) is 0 Å². The third kappa shape index (κ3) is 4.06. The van der Waals surface area contributed by atoms with Crippen molar-refractivity contribution in [2.45, 2.75) is 12.6 Å². The summed E-state index contributed by atoms with van der Waals surface area (Å²) in [6.45, 7) is 0.563. The molecule has 124 valence electrons. The van der Waals surface area contributed by atoms with Gasteiger partial charge >= 0.3 is 6.03 Å². The van der Waals surface area contributed by atoms with Crippen LogP contribution in [0.4, 0.5) is 4.79 Å². The van der Waals surface area contributed by atoms with Crippen LogP contribution in [0.25, 0.3) is 10.1 Å². The van der Waals surface area contributed by atoms with E-state index in [2.05, 4.69) is 10.6 Å². The molecule has 3 aromatic rings. The van der Waals surface area contributed by atoms with Gasteiger partial charge in [0.25, 0.3) is 0 Å². The number of fused-ring (bicyclic) bond motifs is 1. The summed E-state index contributed by atoms with van der Waals surface area (Å²) in [6.07, 6.45) is -0.734. The number of amides is 2. The highest BCUT2D eigenvalue weighted by Gasteiger charge is 2.13. The topological polar surface area (TPSA) is 61.4 Å². The zero-order chi connectivity index (χ0) is 16.9. The van der Waals surface area contributed by atoms with Crippen LogP contribution >= 0.6 is 22.9 Å². The summed E-state index contributed by atoms with van der Waals surface area (Å²) in [5.41, 5.74) is 1.80. The molecule has 0 unspecified atom stereocenters. The minimum Gasteiger partial charge on any atom is -0.387 e. The molecule has 0 bridgehead atoms. The second-order valence-corrected chi connectivity index (χ2v) is 6.74. The molecule has 0 saturated heterocycles. The summed E-state index contributed by atoms with van der Waals surface area (Å²) in [4.78, 5) is 11.9. The number of nitrogens with one attached hydrogen (secondary N) is 2. The number of carbonyl (C=O) groups excluding carboxylic acids is 1. The van der Waals surface area contributed by atoms with Crippen molar-refractivity contribution in [1.82, 2.24) is 10.6 Å². The lowest BCUT2D eigenvalue weighted by atomic mass is 10.1. The average molecular weight is 361 g/mol. The van der Waals surface area contributed by atoms with Crippen LogP contribution < -0.4 is 10.6 Å². The van der Waals surface area contributed by atoms with Crippen LogP contribution in [0.3, 0.4) is 0 Å². The average Bonchev–Trinajstić information content (AvgIpc) is 3.03. The third-order valence-electron chi connectivity index (χ3n) is 3.69. The first-order valence-electron chi connectivity index (χ1n) is 7.54. The van der Waals surface area contributed by atoms with Crippen molar-refractivity contribution in [3.05, 3.63) is 70.1 Å². The monoisotopic (exact) mass is 360 g/mol. The van der Waals surface area contributed by atoms with Gasteiger partial charge in [-0.3, -0.25) is 0 Å². The second kappa shape index (κ2) is 7.66. The lowest BCUT2D eigenvalue weighted by molar-refractivity contribution is 0.174. The zero-order valence-corrected chi connectivity index (χ0v) is 14.4. The maximum absolute atomic E-state index is 11.9. The molecule has 2 aromatic carbocycles. The molecule has 1 aromatic heterocycles. The quantitative estimate of drug-likeness (QED) is 0.641. The molecule has 0 aliphatic carbocycles. The third-order valence-corrected chi connectivity index (χ3v) is 4.93. The largest absolute Gasteiger partial charge is 0.387 e. The molecule has 6 heteroatoms. The Labute approximate surface area is 149 Å². The molecule has 0 saturated carbocycles. The van der Waals surface area contributed by atoms with Gasteiger partial charge in [0, 0.05) is 28.4 Å². The van der Waals surface area contributed by atoms with Gasteiger partial charge in [-0.05, 0) is 34.5 Å². The van der Waals surface area contributed by atoms with E-state index in [-0.39, 0.29) is 12.6 Å². The van der Waals surface area contributed by atoms with Gasteiger partial charge < -0.3 is 15.7 Å². The van der Waals surface area contributed by atoms with E-state index in [1.807, 2.05) is 41.8 Å². The van der Waals surface area contributed by atoms with Crippen molar-refractivity contribution in [2.75, 3.05) is 6.54 Å². The molecule has 2 amide bonds. The first-order chi connectivity index (χ1) is 11.6. The van der Waals surface area contributed by atoms with Crippen molar-refractivity contribution >= 4 is 39.1 Å². The summed E-state index contributed by atoms with van der Waals surface area (Å²) in [5, 5.41) is 19.4. The zero-order valence-electron chi connectivity index (χ0n) is 12.8. The minimum atomic E-state index is -0.734. The van der Waals surface area contributed by atoms with Crippen LogP contribution in [-0.2, 0) is 6.54 Å². The van der Waals surface area contributed by atoms with Crippen LogP contribution in [-0.4, -0.2) is 17.7 Å². The van der Waals surface area contributed by atoms with E-state index in [9.17, 15) is 9.90 Å². The van der Waals surface area contributed by atoms with E-state index >= 15 is 0 Å². The number of halogens is 1. The Morgan fingerprint density at radius 1 is 1.12 bits per heavy atom. The Morgan fingerprint density at radius 2 is 1.88 bits per heavy atom. The maximum atomic E-state index is 11.9. The number of thiophene rings is 1. The normalized spacial score (nSPS) is 12.1. The van der Waals surface area contributed by atoms with E-state index in [1.165, 1.54) is 0 Å². The molecule has 24 heavy (non-hydrogen) atoms. The Kier molecular flexibility index (Phi) is 5.35. The molecule has 0 radical (unpaired) electrons. The molecular formula is C18H17ClN2O2S. The van der Waals surface area contributed by atoms with Crippen LogP contribution in [0, 0.1) is 0 Å². The summed E-state index contributed by atoms with van der Waals surface area (Å²) in [6, 6.07) is 14.9. The molecule has 4 nitrogen and oxygen atoms in total. The number of aliphatic hydroxyl groups is 1. The highest BCUT2D eigenvalue weighted by molar-refractivity contribution is 7.17. The van der Waals surface area contributed by atoms with Crippen LogP contribution in [0.2, 0.25) is 5.02 Å². The first kappa shape index (κ1) is 16.8. The number of benzene rings is 2. The maximum Gasteiger partial charge on any atom is 0.315 e. The van der Waals surface area contributed by atoms with Gasteiger partial charge in [0.15, 0.2) is 0 Å². The van der Waals surface area contributed by atoms with Crippen molar-refractivity contribution in [3.63, 3.8) is 0 Å². The Hall–Kier alpha value is -2.08. The van der Waals surface area contributed by atoms with Crippen LogP contribution in [0.1, 0.15) is 17.2 Å². The summed E-state index contributed by atoms with van der Waals surface area (Å²) >= 11 is 7.41. The van der Waals surface area contributed by atoms with Gasteiger partial charge in [0.1, 0.15) is 0 Å². The van der Waals surface area contributed by atoms with Crippen molar-refractivity contribution < 1.29 is 9.90 Å². The Bertz CT molecular complexity index is 832. The fourth-order valence-corrected chi connectivity index (χ4v) is 3.54. The summed E-state index contributed by atoms with van der Waals surface area (Å²) in [7, 11) is 0. The molecule has 3 N–H and O–H groups in total. The molecule has 0 fully saturated rings. The molecule has 1 heterocycles. The highest BCUT2D eigenvalue weighted by atomic mass is 35.5. The molecule has 0 aliphatic heterocycles. The van der Waals surface area contributed by atoms with Gasteiger partial charge in [0.05, 0.1) is 6.10 Å². The number of aliphatic hydroxyl groups excluding tert-OH is 1. The number of hydrogen-bond acceptors (Lipinski definition) is 3. The van der Waals surface area contributed by atoms with Gasteiger partial charge in [-0.25, -0.2) is 4.79 Å². The smallest absolute Gasteiger partial charge is 0.315 e. The van der Waals surface area contributed by atoms with E-state index in [1.54, 1.807) is 23.5 Å². The van der Waals surface area contributed by atoms with E-state index < -0.39 is 6.10 Å². The van der Waals surface area contributed by atoms with E-state index in [4.69, 9.17) is 11.6 Å². The lowest BCUT2D eigenvalue weighted by Gasteiger charge is -2.12. The minimum absolute atomic E-state index is 0.160. The van der Waals surface area contributed by atoms with Gasteiger partial charge in [0.2, 0.25) is 0 Å². The van der Waals surface area contributed by atoms with E-state index in [0.29, 0.717) is 11.6 Å².